The van der Waals surface area contributed by atoms with Crippen LogP contribution in [-0.2, 0) is 0 Å². The minimum absolute atomic E-state index is 0.0561. The molecule has 24 heavy (non-hydrogen) atoms. The molecule has 0 aromatic heterocycles. The van der Waals surface area contributed by atoms with Gasteiger partial charge in [0, 0.05) is 17.5 Å². The summed E-state index contributed by atoms with van der Waals surface area (Å²) in [5.74, 6) is 6.85. The molecule has 3 nitrogen and oxygen atoms in total. The maximum absolute atomic E-state index is 12.9. The van der Waals surface area contributed by atoms with Crippen molar-refractivity contribution in [1.82, 2.24) is 0 Å². The number of methoxy groups -OCH3 is 1. The lowest BCUT2D eigenvalue weighted by Crippen LogP contribution is -2.26. The Balaban J connectivity index is 2.32. The molecule has 0 saturated carbocycles. The topological polar surface area (TPSA) is 50.1 Å². The number of nitrogens with zero attached hydrogens (tertiary/aromatic N) is 1. The van der Waals surface area contributed by atoms with Gasteiger partial charge in [-0.15, -0.1) is 0 Å². The zero-order valence-electron chi connectivity index (χ0n) is 13.9. The van der Waals surface area contributed by atoms with Crippen molar-refractivity contribution in [2.24, 2.45) is 5.41 Å². The first-order chi connectivity index (χ1) is 11.6. The first kappa shape index (κ1) is 17.3. The summed E-state index contributed by atoms with van der Waals surface area (Å²) in [5.41, 5.74) is 0.526. The third-order valence-corrected chi connectivity index (χ3v) is 3.85. The van der Waals surface area contributed by atoms with E-state index in [4.69, 9.17) is 10.00 Å². The summed E-state index contributed by atoms with van der Waals surface area (Å²) in [5, 5.41) is 8.90. The highest BCUT2D eigenvalue weighted by molar-refractivity contribution is 6.02. The molecule has 1 atom stereocenters. The van der Waals surface area contributed by atoms with Gasteiger partial charge in [-0.2, -0.15) is 5.26 Å². The Bertz CT molecular complexity index is 792. The number of nitriles is 1. The zero-order valence-corrected chi connectivity index (χ0v) is 13.9. The Hall–Kier alpha value is -3.04. The van der Waals surface area contributed by atoms with Crippen LogP contribution in [0.1, 0.15) is 35.7 Å². The van der Waals surface area contributed by atoms with Gasteiger partial charge in [0.05, 0.1) is 18.6 Å². The first-order valence-corrected chi connectivity index (χ1v) is 7.73. The fraction of sp³-hybridized carbons (Fsp3) is 0.238. The maximum Gasteiger partial charge on any atom is 0.180 e. The van der Waals surface area contributed by atoms with E-state index in [0.717, 1.165) is 11.3 Å². The van der Waals surface area contributed by atoms with Crippen LogP contribution >= 0.6 is 0 Å². The normalized spacial score (nSPS) is 12.2. The summed E-state index contributed by atoms with van der Waals surface area (Å²) in [4.78, 5) is 12.9. The number of benzene rings is 2. The number of carbonyl (C=O) groups is 1. The van der Waals surface area contributed by atoms with Crippen LogP contribution < -0.4 is 4.74 Å². The van der Waals surface area contributed by atoms with E-state index in [1.54, 1.807) is 26.2 Å². The lowest BCUT2D eigenvalue weighted by atomic mass is 9.79. The van der Waals surface area contributed by atoms with Crippen LogP contribution in [-0.4, -0.2) is 12.9 Å². The van der Waals surface area contributed by atoms with Crippen molar-refractivity contribution in [2.75, 3.05) is 7.11 Å². The molecule has 0 N–H and O–H groups in total. The highest BCUT2D eigenvalue weighted by Gasteiger charge is 2.31. The molecule has 0 saturated heterocycles. The molecule has 3 heteroatoms. The SMILES string of the molecule is COc1ccc(C#CC(C)(CCC#N)C(=O)c2ccccc2)cc1. The molecular formula is C21H19NO2. The van der Waals surface area contributed by atoms with Crippen LogP contribution in [0.3, 0.4) is 0 Å². The van der Waals surface area contributed by atoms with Crippen molar-refractivity contribution < 1.29 is 9.53 Å². The molecule has 1 unspecified atom stereocenters. The number of hydrogen-bond acceptors (Lipinski definition) is 3. The van der Waals surface area contributed by atoms with Gasteiger partial charge in [0.25, 0.3) is 0 Å². The molecule has 0 fully saturated rings. The molecule has 0 amide bonds. The highest BCUT2D eigenvalue weighted by atomic mass is 16.5. The van der Waals surface area contributed by atoms with Crippen molar-refractivity contribution in [3.63, 3.8) is 0 Å². The number of hydrogen-bond donors (Lipinski definition) is 0. The Morgan fingerprint density at radius 2 is 1.79 bits per heavy atom. The quantitative estimate of drug-likeness (QED) is 0.612. The second kappa shape index (κ2) is 7.99. The smallest absolute Gasteiger partial charge is 0.180 e. The predicted molar refractivity (Wildman–Crippen MR) is 93.6 cm³/mol. The van der Waals surface area contributed by atoms with Crippen molar-refractivity contribution in [3.8, 4) is 23.7 Å². The van der Waals surface area contributed by atoms with Crippen molar-refractivity contribution in [2.45, 2.75) is 19.8 Å². The van der Waals surface area contributed by atoms with Gasteiger partial charge in [0.15, 0.2) is 5.78 Å². The number of carbonyl (C=O) groups excluding carboxylic acids is 1. The second-order valence-electron chi connectivity index (χ2n) is 5.66. The fourth-order valence-electron chi connectivity index (χ4n) is 2.33. The average Bonchev–Trinajstić information content (AvgIpc) is 2.65. The van der Waals surface area contributed by atoms with Crippen LogP contribution in [0.25, 0.3) is 0 Å². The second-order valence-corrected chi connectivity index (χ2v) is 5.66. The van der Waals surface area contributed by atoms with Gasteiger partial charge < -0.3 is 4.74 Å². The van der Waals surface area contributed by atoms with Crippen LogP contribution in [0.2, 0.25) is 0 Å². The summed E-state index contributed by atoms with van der Waals surface area (Å²) < 4.78 is 5.13. The number of ether oxygens (including phenoxy) is 1. The lowest BCUT2D eigenvalue weighted by molar-refractivity contribution is 0.0871. The van der Waals surface area contributed by atoms with E-state index in [0.29, 0.717) is 12.0 Å². The standard InChI is InChI=1S/C21H19NO2/c1-21(14-6-16-22,20(23)18-7-4-3-5-8-18)15-13-17-9-11-19(24-2)12-10-17/h3-5,7-12H,6,14H2,1-2H3. The number of rotatable bonds is 5. The average molecular weight is 317 g/mol. The summed E-state index contributed by atoms with van der Waals surface area (Å²) >= 11 is 0. The van der Waals surface area contributed by atoms with E-state index in [1.807, 2.05) is 42.5 Å². The molecule has 0 spiro atoms. The Kier molecular flexibility index (Phi) is 5.77. The number of ketones is 1. The van der Waals surface area contributed by atoms with Gasteiger partial charge in [-0.1, -0.05) is 42.2 Å². The molecule has 0 aliphatic heterocycles. The molecule has 2 rings (SSSR count). The Morgan fingerprint density at radius 3 is 2.38 bits per heavy atom. The Morgan fingerprint density at radius 1 is 1.12 bits per heavy atom. The molecule has 120 valence electrons. The largest absolute Gasteiger partial charge is 0.497 e. The molecule has 0 aliphatic carbocycles. The molecule has 0 radical (unpaired) electrons. The molecule has 0 aliphatic rings. The van der Waals surface area contributed by atoms with E-state index >= 15 is 0 Å². The van der Waals surface area contributed by atoms with Crippen LogP contribution in [0.5, 0.6) is 5.75 Å². The van der Waals surface area contributed by atoms with Gasteiger partial charge in [-0.05, 0) is 37.6 Å². The van der Waals surface area contributed by atoms with Crippen LogP contribution in [0.4, 0.5) is 0 Å². The van der Waals surface area contributed by atoms with Crippen molar-refractivity contribution in [1.29, 1.82) is 5.26 Å². The first-order valence-electron chi connectivity index (χ1n) is 7.73. The van der Waals surface area contributed by atoms with Crippen LogP contribution in [0, 0.1) is 28.6 Å². The molecule has 2 aromatic rings. The Labute approximate surface area is 142 Å². The van der Waals surface area contributed by atoms with Gasteiger partial charge in [-0.25, -0.2) is 0 Å². The third-order valence-electron chi connectivity index (χ3n) is 3.85. The minimum Gasteiger partial charge on any atom is -0.497 e. The fourth-order valence-corrected chi connectivity index (χ4v) is 2.33. The minimum atomic E-state index is -0.892. The van der Waals surface area contributed by atoms with E-state index in [2.05, 4.69) is 17.9 Å². The summed E-state index contributed by atoms with van der Waals surface area (Å²) in [7, 11) is 1.61. The number of Topliss-reactive ketones (excluding diaryl/α,β-unsaturated/α-hetero) is 1. The van der Waals surface area contributed by atoms with Gasteiger partial charge in [0.1, 0.15) is 5.75 Å². The summed E-state index contributed by atoms with van der Waals surface area (Å²) in [6, 6.07) is 18.5. The molecule has 0 heterocycles. The van der Waals surface area contributed by atoms with Crippen molar-refractivity contribution >= 4 is 5.78 Å². The monoisotopic (exact) mass is 317 g/mol. The van der Waals surface area contributed by atoms with Gasteiger partial charge in [0.2, 0.25) is 0 Å². The van der Waals surface area contributed by atoms with E-state index in [-0.39, 0.29) is 12.2 Å². The third kappa shape index (κ3) is 4.24. The highest BCUT2D eigenvalue weighted by Crippen LogP contribution is 2.28. The molecule has 2 aromatic carbocycles. The van der Waals surface area contributed by atoms with Crippen LogP contribution in [0.15, 0.2) is 54.6 Å². The van der Waals surface area contributed by atoms with E-state index < -0.39 is 5.41 Å². The summed E-state index contributed by atoms with van der Waals surface area (Å²) in [6.07, 6.45) is 0.687. The van der Waals surface area contributed by atoms with E-state index in [1.165, 1.54) is 0 Å². The lowest BCUT2D eigenvalue weighted by Gasteiger charge is -2.21. The van der Waals surface area contributed by atoms with E-state index in [9.17, 15) is 4.79 Å². The van der Waals surface area contributed by atoms with Crippen molar-refractivity contribution in [3.05, 3.63) is 65.7 Å². The van der Waals surface area contributed by atoms with Gasteiger partial charge in [-0.3, -0.25) is 4.79 Å². The van der Waals surface area contributed by atoms with Gasteiger partial charge >= 0.3 is 0 Å². The predicted octanol–water partition coefficient (Wildman–Crippen LogP) is 4.24. The molecular weight excluding hydrogens is 298 g/mol. The molecule has 0 bridgehead atoms. The maximum atomic E-state index is 12.9. The zero-order chi connectivity index (χ0) is 17.4. The summed E-state index contributed by atoms with van der Waals surface area (Å²) in [6.45, 7) is 1.80.